The first-order valence-corrected chi connectivity index (χ1v) is 8.63. The zero-order valence-corrected chi connectivity index (χ0v) is 14.4. The fraction of sp³-hybridized carbons (Fsp3) is 0.222. The fourth-order valence-corrected chi connectivity index (χ4v) is 3.55. The van der Waals surface area contributed by atoms with Crippen LogP contribution in [0.3, 0.4) is 0 Å². The number of aromatic nitrogens is 6. The molecule has 0 spiro atoms. The number of aromatic amines is 1. The Bertz CT molecular complexity index is 1110. The summed E-state index contributed by atoms with van der Waals surface area (Å²) in [5.74, 6) is 0.144. The van der Waals surface area contributed by atoms with Crippen LogP contribution in [-0.4, -0.2) is 36.1 Å². The minimum Gasteiger partial charge on any atom is -0.348 e. The minimum absolute atomic E-state index is 0.144. The molecule has 0 unspecified atom stereocenters. The van der Waals surface area contributed by atoms with Crippen LogP contribution in [0.15, 0.2) is 49.2 Å². The molecule has 1 aliphatic rings. The zero-order valence-electron chi connectivity index (χ0n) is 14.4. The number of pyridine rings is 1. The normalized spacial score (nSPS) is 17.1. The molecule has 0 amide bonds. The van der Waals surface area contributed by atoms with E-state index in [1.807, 2.05) is 30.5 Å². The molecule has 142 valence electrons. The van der Waals surface area contributed by atoms with Gasteiger partial charge in [0.1, 0.15) is 11.9 Å². The second-order valence-corrected chi connectivity index (χ2v) is 6.51. The van der Waals surface area contributed by atoms with Crippen LogP contribution in [0, 0.1) is 0 Å². The molecule has 1 N–H and O–H groups in total. The SMILES string of the molecule is FC(F)(F)c1cncc(N2CCc3[nH]cnc3[C@@H]2c2cc3ccccn3n2)n1. The van der Waals surface area contributed by atoms with Crippen molar-refractivity contribution in [1.82, 2.24) is 29.5 Å². The van der Waals surface area contributed by atoms with Crippen molar-refractivity contribution in [3.05, 3.63) is 72.0 Å². The number of fused-ring (bicyclic) bond motifs is 2. The highest BCUT2D eigenvalue weighted by Crippen LogP contribution is 2.37. The van der Waals surface area contributed by atoms with Crippen LogP contribution in [-0.2, 0) is 12.6 Å². The number of nitrogens with one attached hydrogen (secondary N) is 1. The second kappa shape index (κ2) is 6.04. The fourth-order valence-electron chi connectivity index (χ4n) is 3.55. The Morgan fingerprint density at radius 3 is 2.89 bits per heavy atom. The van der Waals surface area contributed by atoms with Crippen LogP contribution in [0.25, 0.3) is 5.52 Å². The Hall–Kier alpha value is -3.43. The highest BCUT2D eigenvalue weighted by molar-refractivity contribution is 5.53. The van der Waals surface area contributed by atoms with Gasteiger partial charge in [-0.3, -0.25) is 4.98 Å². The van der Waals surface area contributed by atoms with E-state index in [1.54, 1.807) is 15.7 Å². The minimum atomic E-state index is -4.56. The third kappa shape index (κ3) is 2.68. The molecule has 5 rings (SSSR count). The van der Waals surface area contributed by atoms with E-state index in [2.05, 4.69) is 25.0 Å². The van der Waals surface area contributed by atoms with Crippen molar-refractivity contribution in [1.29, 1.82) is 0 Å². The summed E-state index contributed by atoms with van der Waals surface area (Å²) in [6, 6.07) is 7.12. The van der Waals surface area contributed by atoms with Crippen LogP contribution in [0.2, 0.25) is 0 Å². The van der Waals surface area contributed by atoms with Crippen LogP contribution < -0.4 is 4.90 Å². The summed E-state index contributed by atoms with van der Waals surface area (Å²) in [6.07, 6.45) is 1.53. The lowest BCUT2D eigenvalue weighted by molar-refractivity contribution is -0.141. The molecule has 1 atom stereocenters. The van der Waals surface area contributed by atoms with E-state index < -0.39 is 17.9 Å². The van der Waals surface area contributed by atoms with Crippen molar-refractivity contribution in [2.75, 3.05) is 11.4 Å². The number of nitrogens with zero attached hydrogens (tertiary/aromatic N) is 6. The van der Waals surface area contributed by atoms with Crippen molar-refractivity contribution in [3.8, 4) is 0 Å². The van der Waals surface area contributed by atoms with Crippen LogP contribution in [0.1, 0.15) is 28.8 Å². The van der Waals surface area contributed by atoms with E-state index in [-0.39, 0.29) is 5.82 Å². The number of H-pyrrole nitrogens is 1. The molecule has 4 aromatic rings. The molecule has 4 aromatic heterocycles. The lowest BCUT2D eigenvalue weighted by Crippen LogP contribution is -2.37. The molecule has 0 radical (unpaired) electrons. The first-order valence-electron chi connectivity index (χ1n) is 8.63. The maximum absolute atomic E-state index is 13.1. The molecular formula is C18H14F3N7. The lowest BCUT2D eigenvalue weighted by atomic mass is 10.00. The number of anilines is 1. The molecule has 0 aliphatic carbocycles. The molecule has 0 bridgehead atoms. The number of halogens is 3. The van der Waals surface area contributed by atoms with Gasteiger partial charge in [0, 0.05) is 24.9 Å². The van der Waals surface area contributed by atoms with Gasteiger partial charge in [-0.1, -0.05) is 6.07 Å². The van der Waals surface area contributed by atoms with Crippen molar-refractivity contribution >= 4 is 11.3 Å². The quantitative estimate of drug-likeness (QED) is 0.574. The van der Waals surface area contributed by atoms with Crippen LogP contribution >= 0.6 is 0 Å². The Morgan fingerprint density at radius 2 is 2.07 bits per heavy atom. The van der Waals surface area contributed by atoms with Gasteiger partial charge in [0.25, 0.3) is 0 Å². The number of alkyl halides is 3. The smallest absolute Gasteiger partial charge is 0.348 e. The van der Waals surface area contributed by atoms with Crippen molar-refractivity contribution in [2.24, 2.45) is 0 Å². The molecule has 10 heteroatoms. The second-order valence-electron chi connectivity index (χ2n) is 6.51. The summed E-state index contributed by atoms with van der Waals surface area (Å²) < 4.78 is 41.1. The zero-order chi connectivity index (χ0) is 19.3. The maximum atomic E-state index is 13.1. The third-order valence-electron chi connectivity index (χ3n) is 4.80. The predicted molar refractivity (Wildman–Crippen MR) is 93.7 cm³/mol. The van der Waals surface area contributed by atoms with E-state index >= 15 is 0 Å². The topological polar surface area (TPSA) is 75.0 Å². The Balaban J connectivity index is 1.65. The largest absolute Gasteiger partial charge is 0.434 e. The number of rotatable bonds is 2. The molecule has 0 saturated heterocycles. The van der Waals surface area contributed by atoms with Gasteiger partial charge in [-0.05, 0) is 18.2 Å². The predicted octanol–water partition coefficient (Wildman–Crippen LogP) is 3.02. The first kappa shape index (κ1) is 16.7. The first-order chi connectivity index (χ1) is 13.5. The molecule has 7 nitrogen and oxygen atoms in total. The molecule has 28 heavy (non-hydrogen) atoms. The van der Waals surface area contributed by atoms with E-state index in [0.29, 0.717) is 18.7 Å². The monoisotopic (exact) mass is 385 g/mol. The Morgan fingerprint density at radius 1 is 1.18 bits per heavy atom. The summed E-state index contributed by atoms with van der Waals surface area (Å²) in [4.78, 5) is 16.9. The van der Waals surface area contributed by atoms with Gasteiger partial charge in [-0.15, -0.1) is 0 Å². The van der Waals surface area contributed by atoms with E-state index in [1.165, 1.54) is 6.20 Å². The molecule has 5 heterocycles. The molecule has 0 fully saturated rings. The number of hydrogen-bond acceptors (Lipinski definition) is 5. The van der Waals surface area contributed by atoms with Gasteiger partial charge in [-0.2, -0.15) is 18.3 Å². The van der Waals surface area contributed by atoms with Crippen molar-refractivity contribution < 1.29 is 13.2 Å². The molecule has 0 saturated carbocycles. The van der Waals surface area contributed by atoms with E-state index in [9.17, 15) is 13.2 Å². The van der Waals surface area contributed by atoms with Gasteiger partial charge in [0.2, 0.25) is 0 Å². The van der Waals surface area contributed by atoms with Crippen LogP contribution in [0.4, 0.5) is 19.0 Å². The average molecular weight is 385 g/mol. The lowest BCUT2D eigenvalue weighted by Gasteiger charge is -2.34. The van der Waals surface area contributed by atoms with Crippen LogP contribution in [0.5, 0.6) is 0 Å². The summed E-state index contributed by atoms with van der Waals surface area (Å²) in [5.41, 5.74) is 2.22. The van der Waals surface area contributed by atoms with Crippen molar-refractivity contribution in [2.45, 2.75) is 18.6 Å². The summed E-state index contributed by atoms with van der Waals surface area (Å²) in [6.45, 7) is 0.462. The number of hydrogen-bond donors (Lipinski definition) is 1. The molecule has 0 aromatic carbocycles. The van der Waals surface area contributed by atoms with Crippen molar-refractivity contribution in [3.63, 3.8) is 0 Å². The van der Waals surface area contributed by atoms with Gasteiger partial charge in [0.05, 0.1) is 35.6 Å². The van der Waals surface area contributed by atoms with Gasteiger partial charge in [-0.25, -0.2) is 14.5 Å². The van der Waals surface area contributed by atoms with Gasteiger partial charge >= 0.3 is 6.18 Å². The van der Waals surface area contributed by atoms with E-state index in [4.69, 9.17) is 0 Å². The average Bonchev–Trinajstić information content (AvgIpc) is 3.33. The summed E-state index contributed by atoms with van der Waals surface area (Å²) in [7, 11) is 0. The molecular weight excluding hydrogens is 371 g/mol. The number of imidazole rings is 1. The maximum Gasteiger partial charge on any atom is 0.434 e. The summed E-state index contributed by atoms with van der Waals surface area (Å²) >= 11 is 0. The van der Waals surface area contributed by atoms with Gasteiger partial charge < -0.3 is 9.88 Å². The highest BCUT2D eigenvalue weighted by atomic mass is 19.4. The molecule has 1 aliphatic heterocycles. The highest BCUT2D eigenvalue weighted by Gasteiger charge is 2.37. The van der Waals surface area contributed by atoms with E-state index in [0.717, 1.165) is 23.1 Å². The Labute approximate surface area is 156 Å². The summed E-state index contributed by atoms with van der Waals surface area (Å²) in [5, 5.41) is 4.61. The standard InChI is InChI=1S/C18H14F3N7/c19-18(20,21)14-8-22-9-15(25-14)27-6-4-12-16(24-10-23-12)17(27)13-7-11-3-1-2-5-28(11)26-13/h1-3,5,7-10,17H,4,6H2,(H,23,24)/t17-/m0/s1. The third-order valence-corrected chi connectivity index (χ3v) is 4.80. The Kier molecular flexibility index (Phi) is 3.61. The van der Waals surface area contributed by atoms with Gasteiger partial charge in [0.15, 0.2) is 5.69 Å².